The van der Waals surface area contributed by atoms with Crippen LogP contribution in [0.4, 0.5) is 0 Å². The number of piperazine rings is 1. The smallest absolute Gasteiger partial charge is 0.224 e. The highest BCUT2D eigenvalue weighted by Gasteiger charge is 2.19. The molecule has 1 atom stereocenters. The fraction of sp³-hybridized carbons (Fsp3) is 0.909. The molecule has 0 aromatic carbocycles. The van der Waals surface area contributed by atoms with Crippen molar-refractivity contribution in [3.63, 3.8) is 0 Å². The van der Waals surface area contributed by atoms with Gasteiger partial charge < -0.3 is 15.0 Å². The lowest BCUT2D eigenvalue weighted by Gasteiger charge is -2.31. The molecule has 15 heavy (non-hydrogen) atoms. The topological polar surface area (TPSA) is 41.6 Å². The molecule has 0 aromatic rings. The van der Waals surface area contributed by atoms with E-state index in [0.29, 0.717) is 19.1 Å². The Morgan fingerprint density at radius 2 is 2.33 bits per heavy atom. The van der Waals surface area contributed by atoms with Crippen molar-refractivity contribution in [3.05, 3.63) is 0 Å². The first-order chi connectivity index (χ1) is 7.24. The summed E-state index contributed by atoms with van der Waals surface area (Å²) in [7, 11) is 0. The van der Waals surface area contributed by atoms with Crippen LogP contribution in [0.2, 0.25) is 0 Å². The van der Waals surface area contributed by atoms with Crippen LogP contribution in [0.1, 0.15) is 26.7 Å². The molecule has 1 heterocycles. The van der Waals surface area contributed by atoms with Crippen LogP contribution >= 0.6 is 0 Å². The molecule has 0 radical (unpaired) electrons. The van der Waals surface area contributed by atoms with Gasteiger partial charge in [-0.3, -0.25) is 4.79 Å². The van der Waals surface area contributed by atoms with Crippen LogP contribution in [0.3, 0.4) is 0 Å². The van der Waals surface area contributed by atoms with E-state index in [2.05, 4.69) is 19.2 Å². The number of ether oxygens (including phenoxy) is 1. The van der Waals surface area contributed by atoms with Gasteiger partial charge >= 0.3 is 0 Å². The van der Waals surface area contributed by atoms with Crippen LogP contribution < -0.4 is 5.32 Å². The Morgan fingerprint density at radius 1 is 1.53 bits per heavy atom. The van der Waals surface area contributed by atoms with Crippen molar-refractivity contribution in [1.29, 1.82) is 0 Å². The minimum absolute atomic E-state index is 0.222. The Labute approximate surface area is 92.0 Å². The predicted molar refractivity (Wildman–Crippen MR) is 59.8 cm³/mol. The first kappa shape index (κ1) is 12.5. The Morgan fingerprint density at radius 3 is 3.00 bits per heavy atom. The van der Waals surface area contributed by atoms with Gasteiger partial charge in [0.25, 0.3) is 0 Å². The maximum absolute atomic E-state index is 11.7. The quantitative estimate of drug-likeness (QED) is 0.682. The number of hydrogen-bond donors (Lipinski definition) is 1. The van der Waals surface area contributed by atoms with E-state index in [9.17, 15) is 4.79 Å². The minimum atomic E-state index is 0.222. The average Bonchev–Trinajstić information content (AvgIpc) is 2.24. The summed E-state index contributed by atoms with van der Waals surface area (Å²) in [4.78, 5) is 13.7. The van der Waals surface area contributed by atoms with Crippen LogP contribution in [-0.4, -0.2) is 49.7 Å². The van der Waals surface area contributed by atoms with E-state index in [1.165, 1.54) is 0 Å². The number of carbonyl (C=O) groups is 1. The van der Waals surface area contributed by atoms with E-state index in [1.807, 2.05) is 4.90 Å². The van der Waals surface area contributed by atoms with Gasteiger partial charge in [0.1, 0.15) is 0 Å². The van der Waals surface area contributed by atoms with Crippen molar-refractivity contribution in [2.24, 2.45) is 0 Å². The molecular formula is C11H22N2O2. The van der Waals surface area contributed by atoms with Gasteiger partial charge in [-0.05, 0) is 13.3 Å². The normalized spacial score (nSPS) is 21.7. The largest absolute Gasteiger partial charge is 0.381 e. The molecule has 1 saturated heterocycles. The van der Waals surface area contributed by atoms with Crippen LogP contribution in [0.15, 0.2) is 0 Å². The summed E-state index contributed by atoms with van der Waals surface area (Å²) in [6.07, 6.45) is 1.53. The Bertz CT molecular complexity index is 197. The predicted octanol–water partition coefficient (Wildman–Crippen LogP) is 0.623. The van der Waals surface area contributed by atoms with E-state index < -0.39 is 0 Å². The summed E-state index contributed by atoms with van der Waals surface area (Å²) in [5, 5.41) is 3.32. The second kappa shape index (κ2) is 6.80. The number of amides is 1. The average molecular weight is 214 g/mol. The van der Waals surface area contributed by atoms with E-state index in [-0.39, 0.29) is 5.91 Å². The molecule has 0 spiro atoms. The van der Waals surface area contributed by atoms with Crippen LogP contribution in [0, 0.1) is 0 Å². The third-order valence-electron chi connectivity index (χ3n) is 2.53. The summed E-state index contributed by atoms with van der Waals surface area (Å²) in [6, 6.07) is 0.416. The molecule has 4 heteroatoms. The van der Waals surface area contributed by atoms with E-state index in [4.69, 9.17) is 4.74 Å². The molecular weight excluding hydrogens is 192 g/mol. The molecule has 1 rings (SSSR count). The van der Waals surface area contributed by atoms with E-state index >= 15 is 0 Å². The molecule has 1 aliphatic heterocycles. The maximum atomic E-state index is 11.7. The standard InChI is InChI=1S/C11H22N2O2/c1-3-7-15-8-4-11(14)13-6-5-12-10(2)9-13/h10,12H,3-9H2,1-2H3/t10-/m0/s1. The fourth-order valence-corrected chi connectivity index (χ4v) is 1.72. The zero-order valence-corrected chi connectivity index (χ0v) is 9.79. The van der Waals surface area contributed by atoms with E-state index in [0.717, 1.165) is 32.7 Å². The first-order valence-electron chi connectivity index (χ1n) is 5.83. The number of hydrogen-bond acceptors (Lipinski definition) is 3. The van der Waals surface area contributed by atoms with Crippen LogP contribution in [0.5, 0.6) is 0 Å². The molecule has 1 aliphatic rings. The number of carbonyl (C=O) groups excluding carboxylic acids is 1. The molecule has 0 bridgehead atoms. The molecule has 0 saturated carbocycles. The van der Waals surface area contributed by atoms with Crippen molar-refractivity contribution in [1.82, 2.24) is 10.2 Å². The summed E-state index contributed by atoms with van der Waals surface area (Å²) >= 11 is 0. The highest BCUT2D eigenvalue weighted by Crippen LogP contribution is 2.01. The van der Waals surface area contributed by atoms with Gasteiger partial charge in [-0.1, -0.05) is 6.92 Å². The van der Waals surface area contributed by atoms with Crippen LogP contribution in [0.25, 0.3) is 0 Å². The lowest BCUT2D eigenvalue weighted by molar-refractivity contribution is -0.133. The third kappa shape index (κ3) is 4.62. The van der Waals surface area contributed by atoms with Gasteiger partial charge in [0.05, 0.1) is 13.0 Å². The van der Waals surface area contributed by atoms with Gasteiger partial charge in [-0.15, -0.1) is 0 Å². The zero-order chi connectivity index (χ0) is 11.1. The third-order valence-corrected chi connectivity index (χ3v) is 2.53. The Hall–Kier alpha value is -0.610. The zero-order valence-electron chi connectivity index (χ0n) is 9.79. The highest BCUT2D eigenvalue weighted by molar-refractivity contribution is 5.76. The second-order valence-electron chi connectivity index (χ2n) is 4.06. The van der Waals surface area contributed by atoms with Gasteiger partial charge in [0.15, 0.2) is 0 Å². The molecule has 1 N–H and O–H groups in total. The SMILES string of the molecule is CCCOCCC(=O)N1CCN[C@@H](C)C1. The molecule has 0 aromatic heterocycles. The first-order valence-corrected chi connectivity index (χ1v) is 5.83. The molecule has 0 aliphatic carbocycles. The molecule has 1 amide bonds. The summed E-state index contributed by atoms with van der Waals surface area (Å²) in [6.45, 7) is 8.05. The van der Waals surface area contributed by atoms with Crippen molar-refractivity contribution >= 4 is 5.91 Å². The lowest BCUT2D eigenvalue weighted by Crippen LogP contribution is -2.51. The lowest BCUT2D eigenvalue weighted by atomic mass is 10.2. The van der Waals surface area contributed by atoms with Crippen molar-refractivity contribution < 1.29 is 9.53 Å². The van der Waals surface area contributed by atoms with Gasteiger partial charge in [-0.25, -0.2) is 0 Å². The number of nitrogens with zero attached hydrogens (tertiary/aromatic N) is 1. The van der Waals surface area contributed by atoms with Crippen molar-refractivity contribution in [2.45, 2.75) is 32.7 Å². The summed E-state index contributed by atoms with van der Waals surface area (Å²) in [5.74, 6) is 0.222. The molecule has 4 nitrogen and oxygen atoms in total. The molecule has 1 fully saturated rings. The summed E-state index contributed by atoms with van der Waals surface area (Å²) < 4.78 is 5.31. The maximum Gasteiger partial charge on any atom is 0.224 e. The van der Waals surface area contributed by atoms with E-state index in [1.54, 1.807) is 0 Å². The summed E-state index contributed by atoms with van der Waals surface area (Å²) in [5.41, 5.74) is 0. The molecule has 88 valence electrons. The Kier molecular flexibility index (Phi) is 5.65. The second-order valence-corrected chi connectivity index (χ2v) is 4.06. The van der Waals surface area contributed by atoms with Gasteiger partial charge in [0.2, 0.25) is 5.91 Å². The number of rotatable bonds is 5. The fourth-order valence-electron chi connectivity index (χ4n) is 1.72. The van der Waals surface area contributed by atoms with Crippen molar-refractivity contribution in [3.8, 4) is 0 Å². The van der Waals surface area contributed by atoms with Crippen molar-refractivity contribution in [2.75, 3.05) is 32.8 Å². The van der Waals surface area contributed by atoms with Gasteiger partial charge in [0, 0.05) is 32.3 Å². The number of nitrogens with one attached hydrogen (secondary N) is 1. The highest BCUT2D eigenvalue weighted by atomic mass is 16.5. The minimum Gasteiger partial charge on any atom is -0.381 e. The van der Waals surface area contributed by atoms with Crippen LogP contribution in [-0.2, 0) is 9.53 Å². The monoisotopic (exact) mass is 214 g/mol. The van der Waals surface area contributed by atoms with Gasteiger partial charge in [-0.2, -0.15) is 0 Å². The molecule has 0 unspecified atom stereocenters. The Balaban J connectivity index is 2.15.